The van der Waals surface area contributed by atoms with E-state index in [0.29, 0.717) is 29.7 Å². The summed E-state index contributed by atoms with van der Waals surface area (Å²) in [5.41, 5.74) is 0.128. The van der Waals surface area contributed by atoms with Crippen molar-refractivity contribution in [2.45, 2.75) is 19.0 Å². The van der Waals surface area contributed by atoms with Crippen molar-refractivity contribution >= 4 is 22.6 Å². The van der Waals surface area contributed by atoms with Crippen LogP contribution in [0.3, 0.4) is 0 Å². The van der Waals surface area contributed by atoms with Crippen LogP contribution in [0.15, 0.2) is 41.6 Å². The molecule has 1 aliphatic rings. The fourth-order valence-electron chi connectivity index (χ4n) is 3.65. The van der Waals surface area contributed by atoms with Gasteiger partial charge in [0, 0.05) is 31.9 Å². The molecule has 10 heteroatoms. The zero-order chi connectivity index (χ0) is 22.2. The standard InChI is InChI=1S/C21H20F3N5O2/c1-29-11-28-17-15(12-4-6-14(7-5-12)21(22,23)24)10-27-18(16(17)20(29)31)26-9-13-3-2-8-25-19(13)30/h4-7,10-11,13H,2-3,8-9H2,1H3,(H,25,30)(H,26,27). The number of fused-ring (bicyclic) bond motifs is 1. The summed E-state index contributed by atoms with van der Waals surface area (Å²) in [6, 6.07) is 4.63. The molecule has 1 unspecified atom stereocenters. The van der Waals surface area contributed by atoms with Crippen molar-refractivity contribution in [3.05, 3.63) is 52.7 Å². The highest BCUT2D eigenvalue weighted by atomic mass is 19.4. The SMILES string of the molecule is Cn1cnc2c(-c3ccc(C(F)(F)F)cc3)cnc(NCC3CCCNC3=O)c2c1=O. The third-order valence-corrected chi connectivity index (χ3v) is 5.38. The van der Waals surface area contributed by atoms with Crippen molar-refractivity contribution in [1.29, 1.82) is 0 Å². The molecule has 2 N–H and O–H groups in total. The van der Waals surface area contributed by atoms with E-state index < -0.39 is 11.7 Å². The Bertz CT molecular complexity index is 1190. The molecular weight excluding hydrogens is 411 g/mol. The lowest BCUT2D eigenvalue weighted by atomic mass is 9.98. The first kappa shape index (κ1) is 20.8. The van der Waals surface area contributed by atoms with Gasteiger partial charge < -0.3 is 15.2 Å². The molecule has 0 aliphatic carbocycles. The number of anilines is 1. The van der Waals surface area contributed by atoms with Gasteiger partial charge in [0.1, 0.15) is 11.2 Å². The lowest BCUT2D eigenvalue weighted by molar-refractivity contribution is -0.137. The number of nitrogens with one attached hydrogen (secondary N) is 2. The molecular formula is C21H20F3N5O2. The van der Waals surface area contributed by atoms with E-state index in [-0.39, 0.29) is 28.6 Å². The molecule has 0 spiro atoms. The van der Waals surface area contributed by atoms with Crippen molar-refractivity contribution < 1.29 is 18.0 Å². The summed E-state index contributed by atoms with van der Waals surface area (Å²) in [5, 5.41) is 6.12. The molecule has 0 bridgehead atoms. The number of alkyl halides is 3. The first-order valence-corrected chi connectivity index (χ1v) is 9.79. The van der Waals surface area contributed by atoms with Gasteiger partial charge in [0.05, 0.1) is 23.3 Å². The average Bonchev–Trinajstić information content (AvgIpc) is 2.75. The Kier molecular flexibility index (Phi) is 5.38. The number of carbonyl (C=O) groups is 1. The van der Waals surface area contributed by atoms with Crippen LogP contribution in [0, 0.1) is 5.92 Å². The first-order valence-electron chi connectivity index (χ1n) is 9.79. The maximum Gasteiger partial charge on any atom is 0.416 e. The number of rotatable bonds is 4. The first-order chi connectivity index (χ1) is 14.8. The molecule has 1 fully saturated rings. The van der Waals surface area contributed by atoms with E-state index in [0.717, 1.165) is 25.0 Å². The van der Waals surface area contributed by atoms with E-state index in [1.165, 1.54) is 29.2 Å². The molecule has 7 nitrogen and oxygen atoms in total. The van der Waals surface area contributed by atoms with Crippen molar-refractivity contribution in [3.8, 4) is 11.1 Å². The van der Waals surface area contributed by atoms with Gasteiger partial charge in [0.15, 0.2) is 0 Å². The van der Waals surface area contributed by atoms with Crippen molar-refractivity contribution in [1.82, 2.24) is 19.9 Å². The molecule has 1 aromatic carbocycles. The fraction of sp³-hybridized carbons (Fsp3) is 0.333. The van der Waals surface area contributed by atoms with Gasteiger partial charge in [-0.25, -0.2) is 9.97 Å². The Balaban J connectivity index is 1.74. The second-order valence-electron chi connectivity index (χ2n) is 7.49. The average molecular weight is 431 g/mol. The van der Waals surface area contributed by atoms with Gasteiger partial charge >= 0.3 is 6.18 Å². The number of pyridine rings is 1. The van der Waals surface area contributed by atoms with Gasteiger partial charge in [-0.15, -0.1) is 0 Å². The second kappa shape index (κ2) is 8.01. The van der Waals surface area contributed by atoms with E-state index in [9.17, 15) is 22.8 Å². The molecule has 1 atom stereocenters. The summed E-state index contributed by atoms with van der Waals surface area (Å²) in [7, 11) is 1.55. The van der Waals surface area contributed by atoms with E-state index in [4.69, 9.17) is 0 Å². The Hall–Kier alpha value is -3.43. The van der Waals surface area contributed by atoms with Crippen LogP contribution in [0.2, 0.25) is 0 Å². The van der Waals surface area contributed by atoms with Crippen LogP contribution in [0.1, 0.15) is 18.4 Å². The molecule has 162 valence electrons. The fourth-order valence-corrected chi connectivity index (χ4v) is 3.65. The predicted octanol–water partition coefficient (Wildman–Crippen LogP) is 2.95. The summed E-state index contributed by atoms with van der Waals surface area (Å²) < 4.78 is 40.0. The van der Waals surface area contributed by atoms with Crippen LogP contribution >= 0.6 is 0 Å². The van der Waals surface area contributed by atoms with Crippen molar-refractivity contribution in [2.75, 3.05) is 18.4 Å². The molecule has 4 rings (SSSR count). The summed E-state index contributed by atoms with van der Waals surface area (Å²) in [5.74, 6) is 0.00825. The van der Waals surface area contributed by atoms with E-state index in [2.05, 4.69) is 20.6 Å². The number of piperidine rings is 1. The number of carbonyl (C=O) groups excluding carboxylic acids is 1. The normalized spacial score (nSPS) is 16.9. The van der Waals surface area contributed by atoms with Crippen LogP contribution in [-0.4, -0.2) is 33.5 Å². The molecule has 1 saturated heterocycles. The number of benzene rings is 1. The third-order valence-electron chi connectivity index (χ3n) is 5.38. The van der Waals surface area contributed by atoms with Crippen LogP contribution in [0.5, 0.6) is 0 Å². The number of amides is 1. The minimum absolute atomic E-state index is 0.0459. The van der Waals surface area contributed by atoms with Gasteiger partial charge in [-0.05, 0) is 30.5 Å². The quantitative estimate of drug-likeness (QED) is 0.663. The van der Waals surface area contributed by atoms with Crippen molar-refractivity contribution in [2.24, 2.45) is 13.0 Å². The smallest absolute Gasteiger partial charge is 0.369 e. The van der Waals surface area contributed by atoms with Gasteiger partial charge in [-0.2, -0.15) is 13.2 Å². The number of hydrogen-bond donors (Lipinski definition) is 2. The van der Waals surface area contributed by atoms with Gasteiger partial charge in [0.2, 0.25) is 5.91 Å². The number of aromatic nitrogens is 3. The lowest BCUT2D eigenvalue weighted by Crippen LogP contribution is -2.39. The van der Waals surface area contributed by atoms with Crippen LogP contribution in [0.25, 0.3) is 22.0 Å². The monoisotopic (exact) mass is 431 g/mol. The molecule has 2 aromatic heterocycles. The highest BCUT2D eigenvalue weighted by molar-refractivity contribution is 5.98. The lowest BCUT2D eigenvalue weighted by Gasteiger charge is -2.22. The Morgan fingerprint density at radius 3 is 2.61 bits per heavy atom. The molecule has 31 heavy (non-hydrogen) atoms. The van der Waals surface area contributed by atoms with Gasteiger partial charge in [0.25, 0.3) is 5.56 Å². The highest BCUT2D eigenvalue weighted by Crippen LogP contribution is 2.33. The van der Waals surface area contributed by atoms with Crippen molar-refractivity contribution in [3.63, 3.8) is 0 Å². The maximum absolute atomic E-state index is 12.9. The highest BCUT2D eigenvalue weighted by Gasteiger charge is 2.30. The number of aryl methyl sites for hydroxylation is 1. The molecule has 1 amide bonds. The minimum Gasteiger partial charge on any atom is -0.369 e. The third kappa shape index (κ3) is 4.10. The largest absolute Gasteiger partial charge is 0.416 e. The van der Waals surface area contributed by atoms with E-state index in [1.807, 2.05) is 0 Å². The van der Waals surface area contributed by atoms with Gasteiger partial charge in [-0.1, -0.05) is 12.1 Å². The molecule has 0 saturated carbocycles. The number of hydrogen-bond acceptors (Lipinski definition) is 5. The van der Waals surface area contributed by atoms with Crippen LogP contribution in [-0.2, 0) is 18.0 Å². The molecule has 3 aromatic rings. The Morgan fingerprint density at radius 1 is 1.19 bits per heavy atom. The zero-order valence-corrected chi connectivity index (χ0v) is 16.7. The predicted molar refractivity (Wildman–Crippen MR) is 109 cm³/mol. The minimum atomic E-state index is -4.44. The summed E-state index contributed by atoms with van der Waals surface area (Å²) in [6.07, 6.45) is 0.00257. The van der Waals surface area contributed by atoms with Crippen LogP contribution in [0.4, 0.5) is 19.0 Å². The Labute approximate surface area is 175 Å². The molecule has 3 heterocycles. The Morgan fingerprint density at radius 2 is 1.94 bits per heavy atom. The van der Waals surface area contributed by atoms with Crippen LogP contribution < -0.4 is 16.2 Å². The maximum atomic E-state index is 12.9. The van der Waals surface area contributed by atoms with Gasteiger partial charge in [-0.3, -0.25) is 9.59 Å². The number of halogens is 3. The summed E-state index contributed by atoms with van der Waals surface area (Å²) >= 11 is 0. The summed E-state index contributed by atoms with van der Waals surface area (Å²) in [4.78, 5) is 33.5. The second-order valence-corrected chi connectivity index (χ2v) is 7.49. The van der Waals surface area contributed by atoms with E-state index in [1.54, 1.807) is 7.05 Å². The number of nitrogens with zero attached hydrogens (tertiary/aromatic N) is 3. The topological polar surface area (TPSA) is 88.9 Å². The van der Waals surface area contributed by atoms with E-state index >= 15 is 0 Å². The molecule has 1 aliphatic heterocycles. The zero-order valence-electron chi connectivity index (χ0n) is 16.7. The molecule has 0 radical (unpaired) electrons. The summed E-state index contributed by atoms with van der Waals surface area (Å²) in [6.45, 7) is 0.967.